The molecular weight excluding hydrogens is 304 g/mol. The average Bonchev–Trinajstić information content (AvgIpc) is 2.49. The molecule has 1 heterocycles. The van der Waals surface area contributed by atoms with Gasteiger partial charge in [0.15, 0.2) is 0 Å². The quantitative estimate of drug-likeness (QED) is 0.599. The number of carbonyl (C=O) groups is 1. The number of ether oxygens (including phenoxy) is 2. The summed E-state index contributed by atoms with van der Waals surface area (Å²) in [6.07, 6.45) is 1.97. The highest BCUT2D eigenvalue weighted by Gasteiger charge is 2.45. The van der Waals surface area contributed by atoms with Crippen LogP contribution in [0.15, 0.2) is 30.3 Å². The van der Waals surface area contributed by atoms with Crippen molar-refractivity contribution in [2.24, 2.45) is 5.92 Å². The molecule has 0 radical (unpaired) electrons. The molecule has 1 aromatic rings. The van der Waals surface area contributed by atoms with Gasteiger partial charge in [-0.3, -0.25) is 4.79 Å². The topological polar surface area (TPSA) is 35.5 Å². The SMILES string of the molecule is CC[C@@H]1C[C@H](OC(C)=O)[C@@H](C)[C@H]([Si](C)(C)Cc2ccccc2)O1. The second kappa shape index (κ2) is 7.62. The minimum absolute atomic E-state index is 0.0150. The zero-order chi connectivity index (χ0) is 17.0. The van der Waals surface area contributed by atoms with E-state index in [2.05, 4.69) is 57.3 Å². The first-order chi connectivity index (χ1) is 10.8. The minimum atomic E-state index is -1.67. The number of hydrogen-bond donors (Lipinski definition) is 0. The van der Waals surface area contributed by atoms with Crippen molar-refractivity contribution in [1.29, 1.82) is 0 Å². The molecule has 2 rings (SSSR count). The highest BCUT2D eigenvalue weighted by Crippen LogP contribution is 2.35. The second-order valence-corrected chi connectivity index (χ2v) is 12.4. The van der Waals surface area contributed by atoms with Crippen LogP contribution in [0.5, 0.6) is 0 Å². The van der Waals surface area contributed by atoms with Crippen LogP contribution in [-0.4, -0.2) is 32.0 Å². The molecule has 128 valence electrons. The summed E-state index contributed by atoms with van der Waals surface area (Å²) in [5, 5.41) is 0. The summed E-state index contributed by atoms with van der Waals surface area (Å²) in [4.78, 5) is 11.4. The lowest BCUT2D eigenvalue weighted by Crippen LogP contribution is -2.57. The van der Waals surface area contributed by atoms with Gasteiger partial charge in [-0.25, -0.2) is 0 Å². The summed E-state index contributed by atoms with van der Waals surface area (Å²) in [6, 6.07) is 11.7. The molecule has 0 bridgehead atoms. The van der Waals surface area contributed by atoms with Crippen molar-refractivity contribution < 1.29 is 14.3 Å². The molecule has 1 aliphatic rings. The predicted molar refractivity (Wildman–Crippen MR) is 95.9 cm³/mol. The Morgan fingerprint density at radius 3 is 2.52 bits per heavy atom. The summed E-state index contributed by atoms with van der Waals surface area (Å²) < 4.78 is 12.1. The third-order valence-corrected chi connectivity index (χ3v) is 8.47. The third kappa shape index (κ3) is 4.67. The first-order valence-electron chi connectivity index (χ1n) is 8.70. The van der Waals surface area contributed by atoms with Crippen LogP contribution >= 0.6 is 0 Å². The van der Waals surface area contributed by atoms with E-state index >= 15 is 0 Å². The molecule has 23 heavy (non-hydrogen) atoms. The second-order valence-electron chi connectivity index (χ2n) is 7.48. The van der Waals surface area contributed by atoms with Crippen molar-refractivity contribution in [1.82, 2.24) is 0 Å². The maximum atomic E-state index is 11.4. The van der Waals surface area contributed by atoms with E-state index < -0.39 is 8.07 Å². The van der Waals surface area contributed by atoms with E-state index in [0.29, 0.717) is 0 Å². The summed E-state index contributed by atoms with van der Waals surface area (Å²) in [6.45, 7) is 10.6. The first kappa shape index (κ1) is 18.2. The lowest BCUT2D eigenvalue weighted by Gasteiger charge is -2.46. The van der Waals surface area contributed by atoms with E-state index in [1.165, 1.54) is 12.5 Å². The first-order valence-corrected chi connectivity index (χ1v) is 12.0. The van der Waals surface area contributed by atoms with Gasteiger partial charge in [0.05, 0.1) is 19.9 Å². The lowest BCUT2D eigenvalue weighted by molar-refractivity contribution is -0.164. The van der Waals surface area contributed by atoms with E-state index in [1.807, 2.05) is 0 Å². The summed E-state index contributed by atoms with van der Waals surface area (Å²) >= 11 is 0. The van der Waals surface area contributed by atoms with Gasteiger partial charge in [0.2, 0.25) is 0 Å². The molecule has 1 saturated heterocycles. The van der Waals surface area contributed by atoms with E-state index in [-0.39, 0.29) is 29.8 Å². The Hall–Kier alpha value is -1.13. The normalized spacial score (nSPS) is 28.4. The fraction of sp³-hybridized carbons (Fsp3) is 0.632. The van der Waals surface area contributed by atoms with E-state index in [1.54, 1.807) is 0 Å². The van der Waals surface area contributed by atoms with Gasteiger partial charge >= 0.3 is 5.97 Å². The van der Waals surface area contributed by atoms with Crippen molar-refractivity contribution in [2.45, 2.75) is 70.7 Å². The highest BCUT2D eigenvalue weighted by molar-refractivity contribution is 6.78. The molecule has 0 unspecified atom stereocenters. The largest absolute Gasteiger partial charge is 0.462 e. The molecule has 0 saturated carbocycles. The smallest absolute Gasteiger partial charge is 0.302 e. The molecule has 1 aliphatic heterocycles. The fourth-order valence-electron chi connectivity index (χ4n) is 3.81. The van der Waals surface area contributed by atoms with Gasteiger partial charge in [0.1, 0.15) is 6.10 Å². The van der Waals surface area contributed by atoms with Crippen molar-refractivity contribution >= 4 is 14.0 Å². The molecule has 4 atom stereocenters. The van der Waals surface area contributed by atoms with Gasteiger partial charge < -0.3 is 9.47 Å². The molecule has 0 aromatic heterocycles. The molecular formula is C19H30O3Si. The zero-order valence-corrected chi connectivity index (χ0v) is 16.0. The molecule has 1 aromatic carbocycles. The maximum absolute atomic E-state index is 11.4. The van der Waals surface area contributed by atoms with Crippen LogP contribution in [0, 0.1) is 5.92 Å². The molecule has 0 aliphatic carbocycles. The average molecular weight is 335 g/mol. The highest BCUT2D eigenvalue weighted by atomic mass is 28.3. The van der Waals surface area contributed by atoms with Crippen molar-refractivity contribution in [2.75, 3.05) is 0 Å². The number of esters is 1. The summed E-state index contributed by atoms with van der Waals surface area (Å²) in [5.41, 5.74) is 1.59. The molecule has 1 fully saturated rings. The number of hydrogen-bond acceptors (Lipinski definition) is 3. The molecule has 4 heteroatoms. The number of rotatable bonds is 5. The van der Waals surface area contributed by atoms with Gasteiger partial charge in [-0.2, -0.15) is 0 Å². The Morgan fingerprint density at radius 2 is 1.96 bits per heavy atom. The molecule has 0 spiro atoms. The van der Waals surface area contributed by atoms with Crippen molar-refractivity contribution in [3.8, 4) is 0 Å². The monoisotopic (exact) mass is 334 g/mol. The Balaban J connectivity index is 2.18. The zero-order valence-electron chi connectivity index (χ0n) is 15.0. The van der Waals surface area contributed by atoms with Crippen LogP contribution in [0.1, 0.15) is 39.2 Å². The van der Waals surface area contributed by atoms with Gasteiger partial charge in [0, 0.05) is 19.3 Å². The molecule has 0 N–H and O–H groups in total. The van der Waals surface area contributed by atoms with Gasteiger partial charge in [-0.05, 0) is 12.5 Å². The van der Waals surface area contributed by atoms with Crippen LogP contribution in [0.3, 0.4) is 0 Å². The Morgan fingerprint density at radius 1 is 1.30 bits per heavy atom. The number of benzene rings is 1. The minimum Gasteiger partial charge on any atom is -0.462 e. The van der Waals surface area contributed by atoms with Crippen LogP contribution in [-0.2, 0) is 20.3 Å². The lowest BCUT2D eigenvalue weighted by atomic mass is 9.95. The van der Waals surface area contributed by atoms with Gasteiger partial charge in [-0.15, -0.1) is 0 Å². The van der Waals surface area contributed by atoms with E-state index in [9.17, 15) is 4.79 Å². The fourth-order valence-corrected chi connectivity index (χ4v) is 7.49. The summed E-state index contributed by atoms with van der Waals surface area (Å²) in [7, 11) is -1.67. The van der Waals surface area contributed by atoms with Crippen molar-refractivity contribution in [3.05, 3.63) is 35.9 Å². The van der Waals surface area contributed by atoms with Crippen LogP contribution in [0.25, 0.3) is 0 Å². The van der Waals surface area contributed by atoms with E-state index in [4.69, 9.17) is 9.47 Å². The van der Waals surface area contributed by atoms with Crippen molar-refractivity contribution in [3.63, 3.8) is 0 Å². The van der Waals surface area contributed by atoms with Crippen LogP contribution < -0.4 is 0 Å². The molecule has 3 nitrogen and oxygen atoms in total. The molecule has 0 amide bonds. The van der Waals surface area contributed by atoms with E-state index in [0.717, 1.165) is 18.9 Å². The standard InChI is InChI=1S/C19H30O3Si/c1-6-17-12-18(21-15(3)20)14(2)19(22-17)23(4,5)13-16-10-8-7-9-11-16/h7-11,14,17-19H,6,12-13H2,1-5H3/t14-,17-,18+,19+/m1/s1. The van der Waals surface area contributed by atoms with Gasteiger partial charge in [-0.1, -0.05) is 62.8 Å². The Labute approximate surface area is 141 Å². The number of carbonyl (C=O) groups excluding carboxylic acids is 1. The maximum Gasteiger partial charge on any atom is 0.302 e. The van der Waals surface area contributed by atoms with Crippen LogP contribution in [0.4, 0.5) is 0 Å². The Bertz CT molecular complexity index is 515. The summed E-state index contributed by atoms with van der Waals surface area (Å²) in [5.74, 6) is 0.0759. The predicted octanol–water partition coefficient (Wildman–Crippen LogP) is 4.15. The third-order valence-electron chi connectivity index (χ3n) is 4.94. The van der Waals surface area contributed by atoms with Crippen LogP contribution in [0.2, 0.25) is 13.1 Å². The Kier molecular flexibility index (Phi) is 6.04. The van der Waals surface area contributed by atoms with Gasteiger partial charge in [0.25, 0.3) is 0 Å².